The van der Waals surface area contributed by atoms with Crippen molar-refractivity contribution in [2.24, 2.45) is 11.7 Å². The van der Waals surface area contributed by atoms with Crippen molar-refractivity contribution >= 4 is 17.2 Å². The van der Waals surface area contributed by atoms with Gasteiger partial charge in [0.15, 0.2) is 5.13 Å². The maximum Gasteiger partial charge on any atom is 0.255 e. The van der Waals surface area contributed by atoms with E-state index in [-0.39, 0.29) is 11.9 Å². The second kappa shape index (κ2) is 6.45. The molecule has 5 nitrogen and oxygen atoms in total. The average molecular weight is 332 g/mol. The summed E-state index contributed by atoms with van der Waals surface area (Å²) >= 11 is 1.58. The molecule has 2 aromatic heterocycles. The highest BCUT2D eigenvalue weighted by molar-refractivity contribution is 7.12. The number of aromatic nitrogens is 2. The zero-order valence-corrected chi connectivity index (χ0v) is 14.8. The molecule has 3 rings (SSSR count). The first kappa shape index (κ1) is 16.2. The number of rotatable bonds is 3. The lowest BCUT2D eigenvalue weighted by Crippen LogP contribution is -2.45. The standard InChI is InChI=1S/C17H24N4OS/c1-11-9-15(13(3)21(11)17-19-6-8-23-17)16(22)20-7-4-5-14(10-20)12(2)18/h6,8-9,12,14H,4-5,7,10,18H2,1-3H3. The molecule has 0 aromatic carbocycles. The molecule has 1 fully saturated rings. The fourth-order valence-corrected chi connectivity index (χ4v) is 4.15. The van der Waals surface area contributed by atoms with Gasteiger partial charge < -0.3 is 10.6 Å². The Morgan fingerprint density at radius 1 is 1.48 bits per heavy atom. The van der Waals surface area contributed by atoms with Crippen LogP contribution in [-0.4, -0.2) is 39.5 Å². The van der Waals surface area contributed by atoms with Crippen molar-refractivity contribution in [3.63, 3.8) is 0 Å². The summed E-state index contributed by atoms with van der Waals surface area (Å²) in [6.45, 7) is 7.63. The predicted octanol–water partition coefficient (Wildman–Crippen LogP) is 2.75. The summed E-state index contributed by atoms with van der Waals surface area (Å²) in [4.78, 5) is 19.3. The molecule has 3 heterocycles. The summed E-state index contributed by atoms with van der Waals surface area (Å²) in [6, 6.07) is 2.11. The summed E-state index contributed by atoms with van der Waals surface area (Å²) in [7, 11) is 0. The highest BCUT2D eigenvalue weighted by atomic mass is 32.1. The Bertz CT molecular complexity index is 690. The third kappa shape index (κ3) is 3.05. The topological polar surface area (TPSA) is 64.2 Å². The second-order valence-electron chi connectivity index (χ2n) is 6.45. The van der Waals surface area contributed by atoms with Gasteiger partial charge in [-0.15, -0.1) is 11.3 Å². The van der Waals surface area contributed by atoms with E-state index in [4.69, 9.17) is 5.73 Å². The smallest absolute Gasteiger partial charge is 0.255 e. The van der Waals surface area contributed by atoms with E-state index in [2.05, 4.69) is 9.55 Å². The number of likely N-dealkylation sites (tertiary alicyclic amines) is 1. The van der Waals surface area contributed by atoms with Crippen molar-refractivity contribution in [3.8, 4) is 5.13 Å². The first-order valence-corrected chi connectivity index (χ1v) is 9.00. The summed E-state index contributed by atoms with van der Waals surface area (Å²) < 4.78 is 2.06. The van der Waals surface area contributed by atoms with E-state index in [1.807, 2.05) is 37.1 Å². The van der Waals surface area contributed by atoms with Gasteiger partial charge in [-0.25, -0.2) is 4.98 Å². The lowest BCUT2D eigenvalue weighted by Gasteiger charge is -2.34. The quantitative estimate of drug-likeness (QED) is 0.940. The summed E-state index contributed by atoms with van der Waals surface area (Å²) in [6.07, 6.45) is 3.93. The molecule has 1 amide bonds. The molecule has 0 saturated carbocycles. The fourth-order valence-electron chi connectivity index (χ4n) is 3.39. The molecule has 0 spiro atoms. The Kier molecular flexibility index (Phi) is 4.55. The van der Waals surface area contributed by atoms with E-state index < -0.39 is 0 Å². The van der Waals surface area contributed by atoms with Crippen molar-refractivity contribution in [2.45, 2.75) is 39.7 Å². The normalized spacial score (nSPS) is 19.8. The van der Waals surface area contributed by atoms with Crippen LogP contribution in [0, 0.1) is 19.8 Å². The fraction of sp³-hybridized carbons (Fsp3) is 0.529. The van der Waals surface area contributed by atoms with Crippen molar-refractivity contribution in [3.05, 3.63) is 34.6 Å². The minimum absolute atomic E-state index is 0.117. The molecular formula is C17H24N4OS. The number of carbonyl (C=O) groups excluding carboxylic acids is 1. The Hall–Kier alpha value is -1.66. The Balaban J connectivity index is 1.87. The molecule has 1 saturated heterocycles. The molecule has 2 N–H and O–H groups in total. The molecule has 2 atom stereocenters. The van der Waals surface area contributed by atoms with Crippen molar-refractivity contribution in [2.75, 3.05) is 13.1 Å². The maximum absolute atomic E-state index is 13.0. The van der Waals surface area contributed by atoms with E-state index in [1.165, 1.54) is 0 Å². The molecule has 2 unspecified atom stereocenters. The summed E-state index contributed by atoms with van der Waals surface area (Å²) in [5, 5.41) is 2.86. The molecule has 0 radical (unpaired) electrons. The SMILES string of the molecule is Cc1cc(C(=O)N2CCCC(C(C)N)C2)c(C)n1-c1nccs1. The lowest BCUT2D eigenvalue weighted by molar-refractivity contribution is 0.0660. The number of nitrogens with zero attached hydrogens (tertiary/aromatic N) is 3. The number of nitrogens with two attached hydrogens (primary N) is 1. The number of aryl methyl sites for hydroxylation is 1. The van der Waals surface area contributed by atoms with Gasteiger partial charge in [-0.1, -0.05) is 0 Å². The highest BCUT2D eigenvalue weighted by Crippen LogP contribution is 2.26. The van der Waals surface area contributed by atoms with Gasteiger partial charge in [0.1, 0.15) is 0 Å². The van der Waals surface area contributed by atoms with Crippen molar-refractivity contribution < 1.29 is 4.79 Å². The Morgan fingerprint density at radius 2 is 2.26 bits per heavy atom. The summed E-state index contributed by atoms with van der Waals surface area (Å²) in [5.41, 5.74) is 8.83. The zero-order chi connectivity index (χ0) is 16.6. The van der Waals surface area contributed by atoms with Crippen LogP contribution in [0.15, 0.2) is 17.6 Å². The average Bonchev–Trinajstić information content (AvgIpc) is 3.14. The Morgan fingerprint density at radius 3 is 2.91 bits per heavy atom. The maximum atomic E-state index is 13.0. The molecule has 1 aliphatic heterocycles. The van der Waals surface area contributed by atoms with Gasteiger partial charge in [0.2, 0.25) is 0 Å². The Labute approximate surface area is 141 Å². The first-order chi connectivity index (χ1) is 11.0. The molecule has 1 aliphatic rings. The molecule has 0 aliphatic carbocycles. The van der Waals surface area contributed by atoms with Gasteiger partial charge in [-0.05, 0) is 45.6 Å². The number of hydrogen-bond acceptors (Lipinski definition) is 4. The van der Waals surface area contributed by atoms with Crippen molar-refractivity contribution in [1.29, 1.82) is 0 Å². The molecule has 0 bridgehead atoms. The third-order valence-corrected chi connectivity index (χ3v) is 5.52. The molecular weight excluding hydrogens is 308 g/mol. The van der Waals surface area contributed by atoms with E-state index in [9.17, 15) is 4.79 Å². The van der Waals surface area contributed by atoms with Gasteiger partial charge in [0, 0.05) is 42.1 Å². The number of thiazole rings is 1. The van der Waals surface area contributed by atoms with Crippen LogP contribution in [-0.2, 0) is 0 Å². The molecule has 2 aromatic rings. The van der Waals surface area contributed by atoms with Crippen LogP contribution < -0.4 is 5.73 Å². The molecule has 124 valence electrons. The lowest BCUT2D eigenvalue weighted by atomic mass is 9.92. The molecule has 23 heavy (non-hydrogen) atoms. The van der Waals surface area contributed by atoms with Crippen LogP contribution in [0.3, 0.4) is 0 Å². The monoisotopic (exact) mass is 332 g/mol. The summed E-state index contributed by atoms with van der Waals surface area (Å²) in [5.74, 6) is 0.515. The van der Waals surface area contributed by atoms with E-state index in [0.717, 1.165) is 48.0 Å². The third-order valence-electron chi connectivity index (χ3n) is 4.76. The van der Waals surface area contributed by atoms with E-state index in [1.54, 1.807) is 17.5 Å². The van der Waals surface area contributed by atoms with Gasteiger partial charge in [0.05, 0.1) is 5.56 Å². The number of piperidine rings is 1. The largest absolute Gasteiger partial charge is 0.338 e. The van der Waals surface area contributed by atoms with Crippen LogP contribution >= 0.6 is 11.3 Å². The van der Waals surface area contributed by atoms with E-state index >= 15 is 0 Å². The molecule has 6 heteroatoms. The van der Waals surface area contributed by atoms with Crippen molar-refractivity contribution in [1.82, 2.24) is 14.5 Å². The van der Waals surface area contributed by atoms with Gasteiger partial charge in [-0.3, -0.25) is 9.36 Å². The predicted molar refractivity (Wildman–Crippen MR) is 93.2 cm³/mol. The van der Waals surface area contributed by atoms with Crippen LogP contribution in [0.1, 0.15) is 41.5 Å². The van der Waals surface area contributed by atoms with Crippen LogP contribution in [0.4, 0.5) is 0 Å². The number of carbonyl (C=O) groups is 1. The second-order valence-corrected chi connectivity index (χ2v) is 7.32. The zero-order valence-electron chi connectivity index (χ0n) is 14.0. The van der Waals surface area contributed by atoms with Crippen LogP contribution in [0.5, 0.6) is 0 Å². The minimum atomic E-state index is 0.117. The van der Waals surface area contributed by atoms with Crippen LogP contribution in [0.2, 0.25) is 0 Å². The first-order valence-electron chi connectivity index (χ1n) is 8.12. The van der Waals surface area contributed by atoms with Crippen LogP contribution in [0.25, 0.3) is 5.13 Å². The van der Waals surface area contributed by atoms with Gasteiger partial charge in [-0.2, -0.15) is 0 Å². The van der Waals surface area contributed by atoms with Gasteiger partial charge in [0.25, 0.3) is 5.91 Å². The minimum Gasteiger partial charge on any atom is -0.338 e. The number of amides is 1. The highest BCUT2D eigenvalue weighted by Gasteiger charge is 2.28. The number of hydrogen-bond donors (Lipinski definition) is 1. The van der Waals surface area contributed by atoms with E-state index in [0.29, 0.717) is 5.92 Å². The van der Waals surface area contributed by atoms with Gasteiger partial charge >= 0.3 is 0 Å².